The Hall–Kier alpha value is -1.50. The highest BCUT2D eigenvalue weighted by molar-refractivity contribution is 5.96. The minimum Gasteiger partial charge on any atom is -0.377 e. The Labute approximate surface area is 134 Å². The largest absolute Gasteiger partial charge is 0.377 e. The Balaban J connectivity index is 1.82. The third kappa shape index (κ3) is 2.86. The molecule has 1 saturated heterocycles. The fourth-order valence-corrected chi connectivity index (χ4v) is 3.79. The molecule has 5 nitrogen and oxygen atoms in total. The number of alkyl halides is 2. The van der Waals surface area contributed by atoms with Crippen molar-refractivity contribution in [1.82, 2.24) is 9.78 Å². The van der Waals surface area contributed by atoms with E-state index >= 15 is 0 Å². The molecule has 2 fully saturated rings. The number of halogens is 2. The van der Waals surface area contributed by atoms with Crippen LogP contribution in [0.25, 0.3) is 0 Å². The summed E-state index contributed by atoms with van der Waals surface area (Å²) in [5.74, 6) is -0.0134. The number of fused-ring (bicyclic) bond motifs is 1. The summed E-state index contributed by atoms with van der Waals surface area (Å²) in [6, 6.07) is 0. The van der Waals surface area contributed by atoms with E-state index in [0.29, 0.717) is 19.6 Å². The van der Waals surface area contributed by atoms with Crippen molar-refractivity contribution in [1.29, 1.82) is 0 Å². The van der Waals surface area contributed by atoms with Gasteiger partial charge in [-0.25, -0.2) is 8.78 Å². The van der Waals surface area contributed by atoms with Crippen LogP contribution in [0.2, 0.25) is 0 Å². The summed E-state index contributed by atoms with van der Waals surface area (Å²) in [7, 11) is 0. The molecule has 0 aromatic carbocycles. The number of amides is 1. The predicted octanol–water partition coefficient (Wildman–Crippen LogP) is 3.37. The summed E-state index contributed by atoms with van der Waals surface area (Å²) in [5, 5.41) is 6.74. The van der Waals surface area contributed by atoms with E-state index in [9.17, 15) is 13.6 Å². The summed E-state index contributed by atoms with van der Waals surface area (Å²) in [6.45, 7) is 4.83. The van der Waals surface area contributed by atoms with Crippen LogP contribution in [0.4, 0.5) is 14.5 Å². The Morgan fingerprint density at radius 2 is 2.30 bits per heavy atom. The van der Waals surface area contributed by atoms with Crippen LogP contribution in [0.1, 0.15) is 51.7 Å². The van der Waals surface area contributed by atoms with Crippen LogP contribution in [0.3, 0.4) is 0 Å². The highest BCUT2D eigenvalue weighted by Crippen LogP contribution is 2.48. The predicted molar refractivity (Wildman–Crippen MR) is 81.3 cm³/mol. The molecule has 2 aliphatic rings. The highest BCUT2D eigenvalue weighted by Gasteiger charge is 2.53. The van der Waals surface area contributed by atoms with Gasteiger partial charge in [0.15, 0.2) is 0 Å². The van der Waals surface area contributed by atoms with E-state index in [4.69, 9.17) is 4.74 Å². The van der Waals surface area contributed by atoms with Crippen LogP contribution in [0.15, 0.2) is 6.20 Å². The van der Waals surface area contributed by atoms with Gasteiger partial charge in [-0.3, -0.25) is 9.48 Å². The molecule has 7 heteroatoms. The van der Waals surface area contributed by atoms with Gasteiger partial charge >= 0.3 is 0 Å². The molecule has 128 valence electrons. The van der Waals surface area contributed by atoms with Crippen molar-refractivity contribution in [3.05, 3.63) is 11.9 Å². The van der Waals surface area contributed by atoms with Crippen molar-refractivity contribution in [2.45, 2.75) is 58.6 Å². The van der Waals surface area contributed by atoms with Crippen molar-refractivity contribution >= 4 is 11.6 Å². The lowest BCUT2D eigenvalue weighted by atomic mass is 9.82. The quantitative estimate of drug-likeness (QED) is 0.902. The highest BCUT2D eigenvalue weighted by atomic mass is 19.3. The number of hydrogen-bond acceptors (Lipinski definition) is 3. The van der Waals surface area contributed by atoms with Crippen molar-refractivity contribution in [3.63, 3.8) is 0 Å². The Bertz CT molecular complexity index is 576. The molecule has 1 saturated carbocycles. The first-order valence-corrected chi connectivity index (χ1v) is 8.21. The van der Waals surface area contributed by atoms with Crippen LogP contribution < -0.4 is 5.32 Å². The van der Waals surface area contributed by atoms with Gasteiger partial charge in [-0.1, -0.05) is 13.8 Å². The summed E-state index contributed by atoms with van der Waals surface area (Å²) < 4.78 is 33.8. The fraction of sp³-hybridized carbons (Fsp3) is 0.750. The average molecular weight is 327 g/mol. The molecule has 1 aromatic heterocycles. The van der Waals surface area contributed by atoms with Gasteiger partial charge in [-0.05, 0) is 31.6 Å². The second-order valence-corrected chi connectivity index (χ2v) is 6.93. The molecule has 0 spiro atoms. The number of nitrogens with zero attached hydrogens (tertiary/aromatic N) is 2. The first-order chi connectivity index (χ1) is 10.9. The van der Waals surface area contributed by atoms with E-state index in [-0.39, 0.29) is 29.3 Å². The van der Waals surface area contributed by atoms with Gasteiger partial charge < -0.3 is 10.1 Å². The zero-order valence-electron chi connectivity index (χ0n) is 13.5. The van der Waals surface area contributed by atoms with E-state index in [1.165, 1.54) is 10.9 Å². The summed E-state index contributed by atoms with van der Waals surface area (Å²) >= 11 is 0. The molecule has 23 heavy (non-hydrogen) atoms. The number of anilines is 1. The molecule has 0 radical (unpaired) electrons. The van der Waals surface area contributed by atoms with Crippen LogP contribution in [0, 0.1) is 11.3 Å². The van der Waals surface area contributed by atoms with Crippen molar-refractivity contribution in [2.75, 3.05) is 11.9 Å². The second-order valence-electron chi connectivity index (χ2n) is 6.93. The molecule has 0 unspecified atom stereocenters. The molecule has 2 heterocycles. The first kappa shape index (κ1) is 16.4. The minimum atomic E-state index is -2.68. The zero-order chi connectivity index (χ0) is 16.6. The van der Waals surface area contributed by atoms with Crippen molar-refractivity contribution < 1.29 is 18.3 Å². The Morgan fingerprint density at radius 1 is 1.52 bits per heavy atom. The molecule has 1 N–H and O–H groups in total. The van der Waals surface area contributed by atoms with Crippen LogP contribution in [-0.2, 0) is 16.1 Å². The van der Waals surface area contributed by atoms with Gasteiger partial charge in [0.05, 0.1) is 23.4 Å². The van der Waals surface area contributed by atoms with Gasteiger partial charge in [-0.15, -0.1) is 0 Å². The Kier molecular flexibility index (Phi) is 4.40. The molecular weight excluding hydrogens is 304 g/mol. The summed E-state index contributed by atoms with van der Waals surface area (Å²) in [4.78, 5) is 12.8. The van der Waals surface area contributed by atoms with Crippen LogP contribution in [-0.4, -0.2) is 28.4 Å². The third-order valence-corrected chi connectivity index (χ3v) is 4.90. The maximum atomic E-state index is 13.4. The average Bonchev–Trinajstić information content (AvgIpc) is 3.11. The van der Waals surface area contributed by atoms with Crippen molar-refractivity contribution in [2.24, 2.45) is 11.3 Å². The molecule has 1 aromatic rings. The third-order valence-electron chi connectivity index (χ3n) is 4.90. The van der Waals surface area contributed by atoms with Crippen LogP contribution in [0.5, 0.6) is 0 Å². The summed E-state index contributed by atoms with van der Waals surface area (Å²) in [5.41, 5.74) is -0.644. The molecular formula is C16H23F2N3O2. The maximum Gasteiger partial charge on any atom is 0.282 e. The van der Waals surface area contributed by atoms with E-state index in [2.05, 4.69) is 10.4 Å². The lowest BCUT2D eigenvalue weighted by Gasteiger charge is -2.26. The number of nitrogens with one attached hydrogen (secondary N) is 1. The zero-order valence-corrected chi connectivity index (χ0v) is 13.5. The number of ether oxygens (including phenoxy) is 1. The number of hydrogen-bond donors (Lipinski definition) is 1. The molecule has 2 atom stereocenters. The molecule has 1 aliphatic carbocycles. The number of carbonyl (C=O) groups is 1. The normalized spacial score (nSPS) is 27.0. The molecule has 0 bridgehead atoms. The maximum absolute atomic E-state index is 13.4. The molecule has 3 rings (SSSR count). The number of carbonyl (C=O) groups excluding carboxylic acids is 1. The molecule has 1 aliphatic heterocycles. The van der Waals surface area contributed by atoms with Gasteiger partial charge in [-0.2, -0.15) is 5.10 Å². The smallest absolute Gasteiger partial charge is 0.282 e. The van der Waals surface area contributed by atoms with Gasteiger partial charge in [0.2, 0.25) is 5.91 Å². The number of aromatic nitrogens is 2. The summed E-state index contributed by atoms with van der Waals surface area (Å²) in [6.07, 6.45) is 1.79. The second kappa shape index (κ2) is 6.19. The van der Waals surface area contributed by atoms with Gasteiger partial charge in [0.25, 0.3) is 6.43 Å². The first-order valence-electron chi connectivity index (χ1n) is 8.21. The van der Waals surface area contributed by atoms with Crippen molar-refractivity contribution in [3.8, 4) is 0 Å². The van der Waals surface area contributed by atoms with E-state index < -0.39 is 11.8 Å². The number of rotatable bonds is 5. The Morgan fingerprint density at radius 3 is 3.00 bits per heavy atom. The van der Waals surface area contributed by atoms with Gasteiger partial charge in [0.1, 0.15) is 5.69 Å². The monoisotopic (exact) mass is 327 g/mol. The van der Waals surface area contributed by atoms with Crippen LogP contribution >= 0.6 is 0 Å². The topological polar surface area (TPSA) is 56.2 Å². The standard InChI is InChI=1S/C16H23F2N3O2/c1-10(2)9-21-13(14(17)18)11(8-19-21)20-15(22)16-5-3-4-12(16)23-7-6-16/h8,10,12,14H,3-7,9H2,1-2H3,(H,20,22)/t12-,16+/m1/s1. The fourth-order valence-electron chi connectivity index (χ4n) is 3.79. The van der Waals surface area contributed by atoms with E-state index in [1.54, 1.807) is 0 Å². The van der Waals surface area contributed by atoms with E-state index in [0.717, 1.165) is 19.3 Å². The SMILES string of the molecule is CC(C)Cn1ncc(NC(=O)[C@]23CCC[C@H]2OCC3)c1C(F)F. The lowest BCUT2D eigenvalue weighted by molar-refractivity contribution is -0.127. The van der Waals surface area contributed by atoms with E-state index in [1.807, 2.05) is 13.8 Å². The minimum absolute atomic E-state index is 0.0804. The van der Waals surface area contributed by atoms with Gasteiger partial charge in [0, 0.05) is 13.2 Å². The lowest BCUT2D eigenvalue weighted by Crippen LogP contribution is -2.39. The molecule has 1 amide bonds.